The highest BCUT2D eigenvalue weighted by molar-refractivity contribution is 7.99. The van der Waals surface area contributed by atoms with Crippen molar-refractivity contribution in [1.29, 1.82) is 0 Å². The number of hydrogen-bond donors (Lipinski definition) is 1. The molecule has 1 atom stereocenters. The zero-order valence-corrected chi connectivity index (χ0v) is 11.3. The first-order chi connectivity index (χ1) is 6.53. The molecule has 0 aromatic rings. The van der Waals surface area contributed by atoms with Crippen LogP contribution in [0.15, 0.2) is 0 Å². The lowest BCUT2D eigenvalue weighted by atomic mass is 9.95. The van der Waals surface area contributed by atoms with Crippen LogP contribution in [-0.4, -0.2) is 41.8 Å². The van der Waals surface area contributed by atoms with Crippen LogP contribution in [0.25, 0.3) is 0 Å². The molecule has 1 heterocycles. The van der Waals surface area contributed by atoms with Crippen LogP contribution in [0.4, 0.5) is 0 Å². The molecule has 0 aromatic heterocycles. The van der Waals surface area contributed by atoms with Crippen LogP contribution in [0, 0.1) is 11.3 Å². The molecule has 0 bridgehead atoms. The van der Waals surface area contributed by atoms with Crippen molar-refractivity contribution in [2.75, 3.05) is 36.9 Å². The van der Waals surface area contributed by atoms with Crippen LogP contribution in [0.1, 0.15) is 20.8 Å². The molecule has 0 N–H and O–H groups in total. The minimum absolute atomic E-state index is 0.359. The summed E-state index contributed by atoms with van der Waals surface area (Å²) in [7, 11) is 0. The Morgan fingerprint density at radius 1 is 1.50 bits per heavy atom. The topological polar surface area (TPSA) is 3.24 Å². The van der Waals surface area contributed by atoms with Crippen LogP contribution in [-0.2, 0) is 0 Å². The lowest BCUT2D eigenvalue weighted by molar-refractivity contribution is 0.190. The van der Waals surface area contributed by atoms with Gasteiger partial charge in [0, 0.05) is 25.4 Å². The normalized spacial score (nSPS) is 26.1. The van der Waals surface area contributed by atoms with E-state index in [9.17, 15) is 0 Å². The predicted molar refractivity (Wildman–Crippen MR) is 70.6 cm³/mol. The number of thioether (sulfide) groups is 1. The van der Waals surface area contributed by atoms with Crippen molar-refractivity contribution in [2.24, 2.45) is 11.3 Å². The molecule has 0 radical (unpaired) electrons. The Labute approximate surface area is 98.4 Å². The predicted octanol–water partition coefficient (Wildman–Crippen LogP) is 2.63. The molecule has 84 valence electrons. The molecule has 0 saturated carbocycles. The van der Waals surface area contributed by atoms with E-state index in [-0.39, 0.29) is 0 Å². The standard InChI is InChI=1S/C11H23NS2/c1-10-6-12(4-5-14-7-10)8-11(2,3)9-13/h10,13H,4-9H2,1-3H3. The van der Waals surface area contributed by atoms with Gasteiger partial charge in [-0.05, 0) is 22.8 Å². The molecule has 14 heavy (non-hydrogen) atoms. The molecule has 1 saturated heterocycles. The second kappa shape index (κ2) is 5.66. The lowest BCUT2D eigenvalue weighted by Crippen LogP contribution is -2.38. The van der Waals surface area contributed by atoms with Crippen molar-refractivity contribution < 1.29 is 0 Å². The number of hydrogen-bond acceptors (Lipinski definition) is 3. The Morgan fingerprint density at radius 3 is 2.86 bits per heavy atom. The molecule has 1 unspecified atom stereocenters. The van der Waals surface area contributed by atoms with Gasteiger partial charge in [0.05, 0.1) is 0 Å². The van der Waals surface area contributed by atoms with Crippen molar-refractivity contribution in [3.05, 3.63) is 0 Å². The Hall–Kier alpha value is 0.660. The maximum absolute atomic E-state index is 4.42. The highest BCUT2D eigenvalue weighted by Gasteiger charge is 2.22. The summed E-state index contributed by atoms with van der Waals surface area (Å²) in [4.78, 5) is 2.61. The zero-order chi connectivity index (χ0) is 10.6. The minimum Gasteiger partial charge on any atom is -0.302 e. The third-order valence-corrected chi connectivity index (χ3v) is 4.74. The third kappa shape index (κ3) is 4.45. The first kappa shape index (κ1) is 12.7. The second-order valence-electron chi connectivity index (χ2n) is 5.24. The van der Waals surface area contributed by atoms with E-state index in [1.807, 2.05) is 0 Å². The fourth-order valence-electron chi connectivity index (χ4n) is 1.86. The Bertz CT molecular complexity index is 171. The second-order valence-corrected chi connectivity index (χ2v) is 6.70. The molecule has 1 aliphatic rings. The fraction of sp³-hybridized carbons (Fsp3) is 1.00. The highest BCUT2D eigenvalue weighted by Crippen LogP contribution is 2.22. The van der Waals surface area contributed by atoms with Crippen molar-refractivity contribution in [2.45, 2.75) is 20.8 Å². The van der Waals surface area contributed by atoms with Gasteiger partial charge in [-0.25, -0.2) is 0 Å². The molecule has 0 aliphatic carbocycles. The van der Waals surface area contributed by atoms with Gasteiger partial charge in [0.1, 0.15) is 0 Å². The summed E-state index contributed by atoms with van der Waals surface area (Å²) in [5, 5.41) is 0. The summed E-state index contributed by atoms with van der Waals surface area (Å²) in [6.45, 7) is 10.7. The summed E-state index contributed by atoms with van der Waals surface area (Å²) < 4.78 is 0. The van der Waals surface area contributed by atoms with Crippen molar-refractivity contribution in [1.82, 2.24) is 4.90 Å². The van der Waals surface area contributed by atoms with Crippen molar-refractivity contribution in [3.8, 4) is 0 Å². The van der Waals surface area contributed by atoms with Gasteiger partial charge < -0.3 is 4.90 Å². The van der Waals surface area contributed by atoms with Gasteiger partial charge in [0.2, 0.25) is 0 Å². The molecule has 1 fully saturated rings. The zero-order valence-electron chi connectivity index (χ0n) is 9.62. The molecule has 0 amide bonds. The molecule has 1 nitrogen and oxygen atoms in total. The number of nitrogens with zero attached hydrogens (tertiary/aromatic N) is 1. The van der Waals surface area contributed by atoms with E-state index in [4.69, 9.17) is 0 Å². The van der Waals surface area contributed by atoms with E-state index in [0.29, 0.717) is 5.41 Å². The quantitative estimate of drug-likeness (QED) is 0.747. The molecule has 0 aromatic carbocycles. The van der Waals surface area contributed by atoms with Crippen LogP contribution in [0.3, 0.4) is 0 Å². The number of rotatable bonds is 3. The van der Waals surface area contributed by atoms with E-state index < -0.39 is 0 Å². The van der Waals surface area contributed by atoms with Gasteiger partial charge in [-0.3, -0.25) is 0 Å². The summed E-state index contributed by atoms with van der Waals surface area (Å²) in [6, 6.07) is 0. The van der Waals surface area contributed by atoms with Crippen LogP contribution >= 0.6 is 24.4 Å². The first-order valence-electron chi connectivity index (χ1n) is 5.44. The van der Waals surface area contributed by atoms with Gasteiger partial charge in [-0.2, -0.15) is 24.4 Å². The van der Waals surface area contributed by atoms with Gasteiger partial charge in [-0.1, -0.05) is 20.8 Å². The van der Waals surface area contributed by atoms with E-state index in [0.717, 1.165) is 11.7 Å². The Morgan fingerprint density at radius 2 is 2.21 bits per heavy atom. The molecular weight excluding hydrogens is 210 g/mol. The lowest BCUT2D eigenvalue weighted by Gasteiger charge is -2.31. The largest absolute Gasteiger partial charge is 0.302 e. The molecule has 1 aliphatic heterocycles. The monoisotopic (exact) mass is 233 g/mol. The van der Waals surface area contributed by atoms with Gasteiger partial charge in [0.25, 0.3) is 0 Å². The van der Waals surface area contributed by atoms with Gasteiger partial charge >= 0.3 is 0 Å². The Balaban J connectivity index is 2.42. The summed E-state index contributed by atoms with van der Waals surface area (Å²) in [5.41, 5.74) is 0.359. The average molecular weight is 233 g/mol. The molecule has 3 heteroatoms. The molecule has 0 spiro atoms. The third-order valence-electron chi connectivity index (χ3n) is 2.60. The maximum Gasteiger partial charge on any atom is 0.00727 e. The maximum atomic E-state index is 4.42. The number of thiol groups is 1. The first-order valence-corrected chi connectivity index (χ1v) is 7.23. The minimum atomic E-state index is 0.359. The van der Waals surface area contributed by atoms with E-state index >= 15 is 0 Å². The van der Waals surface area contributed by atoms with E-state index in [1.165, 1.54) is 31.1 Å². The summed E-state index contributed by atoms with van der Waals surface area (Å²) >= 11 is 6.52. The van der Waals surface area contributed by atoms with Gasteiger partial charge in [-0.15, -0.1) is 0 Å². The van der Waals surface area contributed by atoms with Crippen LogP contribution in [0.2, 0.25) is 0 Å². The highest BCUT2D eigenvalue weighted by atomic mass is 32.2. The Kier molecular flexibility index (Phi) is 5.15. The average Bonchev–Trinajstić information content (AvgIpc) is 2.29. The van der Waals surface area contributed by atoms with Gasteiger partial charge in [0.15, 0.2) is 0 Å². The molecular formula is C11H23NS2. The van der Waals surface area contributed by atoms with Crippen molar-refractivity contribution >= 4 is 24.4 Å². The summed E-state index contributed by atoms with van der Waals surface area (Å²) in [6.07, 6.45) is 0. The SMILES string of the molecule is CC1CSCCN(CC(C)(C)CS)C1. The van der Waals surface area contributed by atoms with E-state index in [2.05, 4.69) is 50.1 Å². The summed E-state index contributed by atoms with van der Waals surface area (Å²) in [5.74, 6) is 4.45. The van der Waals surface area contributed by atoms with Crippen LogP contribution < -0.4 is 0 Å². The van der Waals surface area contributed by atoms with E-state index in [1.54, 1.807) is 0 Å². The van der Waals surface area contributed by atoms with Crippen molar-refractivity contribution in [3.63, 3.8) is 0 Å². The fourth-order valence-corrected chi connectivity index (χ4v) is 3.02. The molecule has 1 rings (SSSR count). The smallest absolute Gasteiger partial charge is 0.00727 e. The van der Waals surface area contributed by atoms with Crippen LogP contribution in [0.5, 0.6) is 0 Å².